The summed E-state index contributed by atoms with van der Waals surface area (Å²) < 4.78 is 0. The first-order valence-electron chi connectivity index (χ1n) is 9.45. The number of nitrogens with zero attached hydrogens (tertiary/aromatic N) is 1. The van der Waals surface area contributed by atoms with Gasteiger partial charge in [0.2, 0.25) is 11.8 Å². The van der Waals surface area contributed by atoms with Crippen LogP contribution >= 0.6 is 11.6 Å². The SMILES string of the molecule is O=C(NCCCc1ccccc1)[C@@H]1CCC(=O)N(Cc2ccc(Cl)cc2)C1. The Kier molecular flexibility index (Phi) is 6.88. The molecule has 2 aromatic carbocycles. The van der Waals surface area contributed by atoms with Gasteiger partial charge < -0.3 is 10.2 Å². The summed E-state index contributed by atoms with van der Waals surface area (Å²) >= 11 is 5.91. The van der Waals surface area contributed by atoms with E-state index in [1.54, 1.807) is 4.90 Å². The van der Waals surface area contributed by atoms with Crippen LogP contribution in [0.5, 0.6) is 0 Å². The summed E-state index contributed by atoms with van der Waals surface area (Å²) in [6.07, 6.45) is 2.92. The molecule has 1 heterocycles. The molecule has 0 aromatic heterocycles. The number of carbonyl (C=O) groups is 2. The number of piperidine rings is 1. The number of hydrogen-bond acceptors (Lipinski definition) is 2. The smallest absolute Gasteiger partial charge is 0.224 e. The van der Waals surface area contributed by atoms with Gasteiger partial charge in [-0.15, -0.1) is 0 Å². The topological polar surface area (TPSA) is 49.4 Å². The van der Waals surface area contributed by atoms with Crippen LogP contribution in [0.1, 0.15) is 30.4 Å². The molecule has 1 fully saturated rings. The highest BCUT2D eigenvalue weighted by Crippen LogP contribution is 2.21. The Morgan fingerprint density at radius 3 is 2.56 bits per heavy atom. The van der Waals surface area contributed by atoms with E-state index in [9.17, 15) is 9.59 Å². The van der Waals surface area contributed by atoms with Gasteiger partial charge in [-0.1, -0.05) is 54.1 Å². The van der Waals surface area contributed by atoms with Gasteiger partial charge in [-0.25, -0.2) is 0 Å². The van der Waals surface area contributed by atoms with Gasteiger partial charge in [0.1, 0.15) is 0 Å². The number of hydrogen-bond donors (Lipinski definition) is 1. The average molecular weight is 385 g/mol. The van der Waals surface area contributed by atoms with Crippen LogP contribution in [-0.4, -0.2) is 29.8 Å². The van der Waals surface area contributed by atoms with Crippen molar-refractivity contribution in [3.05, 3.63) is 70.7 Å². The molecule has 1 saturated heterocycles. The molecule has 0 radical (unpaired) electrons. The summed E-state index contributed by atoms with van der Waals surface area (Å²) in [5.74, 6) is 0.0291. The van der Waals surface area contributed by atoms with Crippen molar-refractivity contribution in [3.63, 3.8) is 0 Å². The molecule has 5 heteroatoms. The molecule has 2 aromatic rings. The summed E-state index contributed by atoms with van der Waals surface area (Å²) in [4.78, 5) is 26.5. The van der Waals surface area contributed by atoms with E-state index in [0.29, 0.717) is 37.5 Å². The minimum Gasteiger partial charge on any atom is -0.356 e. The van der Waals surface area contributed by atoms with E-state index < -0.39 is 0 Å². The first-order chi connectivity index (χ1) is 13.1. The Morgan fingerprint density at radius 2 is 1.81 bits per heavy atom. The highest BCUT2D eigenvalue weighted by atomic mass is 35.5. The molecule has 0 saturated carbocycles. The fourth-order valence-electron chi connectivity index (χ4n) is 3.39. The number of rotatable bonds is 7. The number of amides is 2. The van der Waals surface area contributed by atoms with Gasteiger partial charge in [0, 0.05) is 31.1 Å². The fourth-order valence-corrected chi connectivity index (χ4v) is 3.51. The van der Waals surface area contributed by atoms with E-state index in [1.807, 2.05) is 42.5 Å². The van der Waals surface area contributed by atoms with Crippen LogP contribution < -0.4 is 5.32 Å². The Hall–Kier alpha value is -2.33. The van der Waals surface area contributed by atoms with Crippen molar-refractivity contribution in [1.82, 2.24) is 10.2 Å². The molecule has 0 spiro atoms. The molecule has 1 aliphatic heterocycles. The standard InChI is InChI=1S/C22H25ClN2O2/c23-20-11-8-18(9-12-20)15-25-16-19(10-13-21(25)26)22(27)24-14-4-7-17-5-2-1-3-6-17/h1-3,5-6,8-9,11-12,19H,4,7,10,13-16H2,(H,24,27)/t19-/m1/s1. The molecular weight excluding hydrogens is 360 g/mol. The number of likely N-dealkylation sites (tertiary alicyclic amines) is 1. The van der Waals surface area contributed by atoms with Gasteiger partial charge in [-0.3, -0.25) is 9.59 Å². The quantitative estimate of drug-likeness (QED) is 0.737. The zero-order valence-corrected chi connectivity index (χ0v) is 16.1. The largest absolute Gasteiger partial charge is 0.356 e. The maximum Gasteiger partial charge on any atom is 0.224 e. The van der Waals surface area contributed by atoms with Crippen LogP contribution in [0, 0.1) is 5.92 Å². The maximum absolute atomic E-state index is 12.5. The van der Waals surface area contributed by atoms with E-state index in [0.717, 1.165) is 18.4 Å². The van der Waals surface area contributed by atoms with Gasteiger partial charge in [-0.2, -0.15) is 0 Å². The molecule has 142 valence electrons. The third-order valence-corrected chi connectivity index (χ3v) is 5.19. The van der Waals surface area contributed by atoms with Crippen LogP contribution in [0.3, 0.4) is 0 Å². The molecule has 1 atom stereocenters. The molecular formula is C22H25ClN2O2. The van der Waals surface area contributed by atoms with Gasteiger partial charge in [0.25, 0.3) is 0 Å². The third kappa shape index (κ3) is 5.83. The zero-order chi connectivity index (χ0) is 19.1. The average Bonchev–Trinajstić information content (AvgIpc) is 2.69. The van der Waals surface area contributed by atoms with E-state index in [4.69, 9.17) is 11.6 Å². The molecule has 0 aliphatic carbocycles. The molecule has 27 heavy (non-hydrogen) atoms. The Morgan fingerprint density at radius 1 is 1.07 bits per heavy atom. The second-order valence-corrected chi connectivity index (χ2v) is 7.45. The second kappa shape index (κ2) is 9.56. The van der Waals surface area contributed by atoms with Crippen LogP contribution in [0.25, 0.3) is 0 Å². The molecule has 0 unspecified atom stereocenters. The highest BCUT2D eigenvalue weighted by molar-refractivity contribution is 6.30. The molecule has 4 nitrogen and oxygen atoms in total. The second-order valence-electron chi connectivity index (χ2n) is 7.02. The van der Waals surface area contributed by atoms with Gasteiger partial charge >= 0.3 is 0 Å². The normalized spacial score (nSPS) is 17.0. The molecule has 1 aliphatic rings. The van der Waals surface area contributed by atoms with Crippen LogP contribution in [0.2, 0.25) is 5.02 Å². The van der Waals surface area contributed by atoms with Crippen molar-refractivity contribution in [2.75, 3.05) is 13.1 Å². The molecule has 2 amide bonds. The van der Waals surface area contributed by atoms with Crippen molar-refractivity contribution >= 4 is 23.4 Å². The van der Waals surface area contributed by atoms with Crippen molar-refractivity contribution in [2.45, 2.75) is 32.2 Å². The number of carbonyl (C=O) groups excluding carboxylic acids is 2. The number of benzene rings is 2. The summed E-state index contributed by atoms with van der Waals surface area (Å²) in [5.41, 5.74) is 2.31. The van der Waals surface area contributed by atoms with E-state index in [2.05, 4.69) is 17.4 Å². The summed E-state index contributed by atoms with van der Waals surface area (Å²) in [5, 5.41) is 3.71. The maximum atomic E-state index is 12.5. The highest BCUT2D eigenvalue weighted by Gasteiger charge is 2.29. The summed E-state index contributed by atoms with van der Waals surface area (Å²) in [6.45, 7) is 1.66. The minimum atomic E-state index is -0.133. The van der Waals surface area contributed by atoms with Crippen molar-refractivity contribution < 1.29 is 9.59 Å². The predicted molar refractivity (Wildman–Crippen MR) is 107 cm³/mol. The lowest BCUT2D eigenvalue weighted by atomic mass is 9.96. The lowest BCUT2D eigenvalue weighted by Crippen LogP contribution is -2.45. The van der Waals surface area contributed by atoms with Gasteiger partial charge in [-0.05, 0) is 42.5 Å². The van der Waals surface area contributed by atoms with Crippen molar-refractivity contribution in [2.24, 2.45) is 5.92 Å². The van der Waals surface area contributed by atoms with Crippen LogP contribution in [0.15, 0.2) is 54.6 Å². The van der Waals surface area contributed by atoms with E-state index in [-0.39, 0.29) is 17.7 Å². The Balaban J connectivity index is 1.45. The lowest BCUT2D eigenvalue weighted by Gasteiger charge is -2.32. The first-order valence-corrected chi connectivity index (χ1v) is 9.83. The zero-order valence-electron chi connectivity index (χ0n) is 15.4. The molecule has 0 bridgehead atoms. The lowest BCUT2D eigenvalue weighted by molar-refractivity contribution is -0.138. The molecule has 1 N–H and O–H groups in total. The minimum absolute atomic E-state index is 0.0525. The van der Waals surface area contributed by atoms with E-state index in [1.165, 1.54) is 5.56 Å². The number of halogens is 1. The van der Waals surface area contributed by atoms with Crippen molar-refractivity contribution in [1.29, 1.82) is 0 Å². The predicted octanol–water partition coefficient (Wildman–Crippen LogP) is 3.83. The van der Waals surface area contributed by atoms with E-state index >= 15 is 0 Å². The Labute approximate surface area is 165 Å². The number of aryl methyl sites for hydroxylation is 1. The first kappa shape index (κ1) is 19.4. The van der Waals surface area contributed by atoms with Crippen molar-refractivity contribution in [3.8, 4) is 0 Å². The monoisotopic (exact) mass is 384 g/mol. The fraction of sp³-hybridized carbons (Fsp3) is 0.364. The van der Waals surface area contributed by atoms with Crippen LogP contribution in [-0.2, 0) is 22.6 Å². The van der Waals surface area contributed by atoms with Crippen LogP contribution in [0.4, 0.5) is 0 Å². The summed E-state index contributed by atoms with van der Waals surface area (Å²) in [6, 6.07) is 17.7. The molecule has 3 rings (SSSR count). The van der Waals surface area contributed by atoms with Gasteiger partial charge in [0.05, 0.1) is 5.92 Å². The summed E-state index contributed by atoms with van der Waals surface area (Å²) in [7, 11) is 0. The van der Waals surface area contributed by atoms with Gasteiger partial charge in [0.15, 0.2) is 0 Å². The Bertz CT molecular complexity index is 762. The number of nitrogens with one attached hydrogen (secondary N) is 1. The third-order valence-electron chi connectivity index (χ3n) is 4.94.